The van der Waals surface area contributed by atoms with Gasteiger partial charge in [0, 0.05) is 87.4 Å². The minimum absolute atomic E-state index is 0.129. The van der Waals surface area contributed by atoms with Crippen molar-refractivity contribution in [2.24, 2.45) is 7.05 Å². The molecule has 1 unspecified atom stereocenters. The molecule has 4 aromatic rings. The number of aryl methyl sites for hydroxylation is 1. The molecule has 3 aliphatic heterocycles. The number of rotatable bonds is 7. The van der Waals surface area contributed by atoms with E-state index in [1.807, 2.05) is 55.5 Å². The number of methoxy groups -OCH3 is 2. The van der Waals surface area contributed by atoms with Crippen LogP contribution in [0.5, 0.6) is 11.5 Å². The van der Waals surface area contributed by atoms with Gasteiger partial charge in [-0.15, -0.1) is 0 Å². The summed E-state index contributed by atoms with van der Waals surface area (Å²) in [6.45, 7) is 5.90. The molecule has 2 aromatic heterocycles. The first-order valence-corrected chi connectivity index (χ1v) is 15.7. The maximum Gasteiger partial charge on any atom is 0.259 e. The van der Waals surface area contributed by atoms with Crippen molar-refractivity contribution in [1.82, 2.24) is 24.7 Å². The van der Waals surface area contributed by atoms with Crippen molar-refractivity contribution in [1.29, 1.82) is 0 Å². The lowest BCUT2D eigenvalue weighted by molar-refractivity contribution is -0.136. The Balaban J connectivity index is 1.18. The SMILES string of the molecule is C=C1c2cc3c(cc2C(=O)N1C1CCC(=O)NC1=O)CN(Cc1c(OC)cc(-c2cn(C)c(=O)c4cnc(N(C)C)cc24)cc1OC)C3. The lowest BCUT2D eigenvalue weighted by atomic mass is 9.98. The maximum atomic E-state index is 13.5. The van der Waals surface area contributed by atoms with Gasteiger partial charge >= 0.3 is 0 Å². The van der Waals surface area contributed by atoms with Crippen molar-refractivity contribution in [3.8, 4) is 22.6 Å². The van der Waals surface area contributed by atoms with Gasteiger partial charge < -0.3 is 18.9 Å². The van der Waals surface area contributed by atoms with Crippen LogP contribution >= 0.6 is 0 Å². The van der Waals surface area contributed by atoms with E-state index in [1.54, 1.807) is 32.0 Å². The minimum atomic E-state index is -0.755. The van der Waals surface area contributed by atoms with Crippen LogP contribution in [0.2, 0.25) is 0 Å². The number of amides is 3. The fraction of sp³-hybridized carbons (Fsp3) is 0.306. The van der Waals surface area contributed by atoms with E-state index in [-0.39, 0.29) is 30.2 Å². The van der Waals surface area contributed by atoms with Gasteiger partial charge in [-0.1, -0.05) is 6.58 Å². The molecule has 0 saturated carbocycles. The molecule has 5 heterocycles. The first kappa shape index (κ1) is 31.1. The van der Waals surface area contributed by atoms with E-state index in [1.165, 1.54) is 4.90 Å². The zero-order valence-electron chi connectivity index (χ0n) is 27.5. The number of carbonyl (C=O) groups excluding carboxylic acids is 3. The van der Waals surface area contributed by atoms with Gasteiger partial charge in [0.15, 0.2) is 0 Å². The van der Waals surface area contributed by atoms with Crippen LogP contribution in [0.25, 0.3) is 27.6 Å². The molecule has 48 heavy (non-hydrogen) atoms. The zero-order chi connectivity index (χ0) is 34.0. The number of nitrogens with one attached hydrogen (secondary N) is 1. The number of pyridine rings is 2. The number of imide groups is 1. The van der Waals surface area contributed by atoms with Gasteiger partial charge in [-0.2, -0.15) is 0 Å². The molecule has 0 radical (unpaired) electrons. The first-order valence-electron chi connectivity index (χ1n) is 15.7. The number of ether oxygens (including phenoxy) is 2. The summed E-state index contributed by atoms with van der Waals surface area (Å²) in [5, 5.41) is 3.64. The number of hydrogen-bond acceptors (Lipinski definition) is 9. The van der Waals surface area contributed by atoms with E-state index >= 15 is 0 Å². The fourth-order valence-electron chi connectivity index (χ4n) is 7.03. The van der Waals surface area contributed by atoms with E-state index in [0.29, 0.717) is 53.3 Å². The number of hydrogen-bond donors (Lipinski definition) is 1. The summed E-state index contributed by atoms with van der Waals surface area (Å²) in [7, 11) is 8.80. The van der Waals surface area contributed by atoms with Crippen LogP contribution in [-0.2, 0) is 36.3 Å². The summed E-state index contributed by atoms with van der Waals surface area (Å²) in [6.07, 6.45) is 3.90. The largest absolute Gasteiger partial charge is 0.496 e. The lowest BCUT2D eigenvalue weighted by Gasteiger charge is -2.30. The molecule has 12 heteroatoms. The van der Waals surface area contributed by atoms with Crippen LogP contribution in [0, 0.1) is 0 Å². The third-order valence-corrected chi connectivity index (χ3v) is 9.51. The van der Waals surface area contributed by atoms with E-state index in [2.05, 4.69) is 21.8 Å². The van der Waals surface area contributed by atoms with Crippen molar-refractivity contribution in [2.45, 2.75) is 38.5 Å². The van der Waals surface area contributed by atoms with Gasteiger partial charge in [0.05, 0.1) is 25.2 Å². The Kier molecular flexibility index (Phi) is 7.55. The van der Waals surface area contributed by atoms with Gasteiger partial charge in [-0.05, 0) is 53.4 Å². The highest BCUT2D eigenvalue weighted by molar-refractivity contribution is 6.12. The molecule has 0 spiro atoms. The van der Waals surface area contributed by atoms with Crippen molar-refractivity contribution in [2.75, 3.05) is 33.2 Å². The Morgan fingerprint density at radius 2 is 1.60 bits per heavy atom. The summed E-state index contributed by atoms with van der Waals surface area (Å²) in [5.74, 6) is 0.959. The molecular formula is C36H36N6O6. The van der Waals surface area contributed by atoms with Gasteiger partial charge in [-0.25, -0.2) is 4.98 Å². The molecule has 1 fully saturated rings. The Morgan fingerprint density at radius 3 is 2.23 bits per heavy atom. The second-order valence-electron chi connectivity index (χ2n) is 12.7. The summed E-state index contributed by atoms with van der Waals surface area (Å²) in [4.78, 5) is 60.8. The molecule has 3 amide bonds. The molecule has 7 rings (SSSR count). The van der Waals surface area contributed by atoms with Crippen molar-refractivity contribution >= 4 is 40.0 Å². The Morgan fingerprint density at radius 1 is 0.938 bits per heavy atom. The van der Waals surface area contributed by atoms with E-state index < -0.39 is 11.9 Å². The number of fused-ring (bicyclic) bond motifs is 3. The van der Waals surface area contributed by atoms with Crippen LogP contribution in [0.3, 0.4) is 0 Å². The molecule has 12 nitrogen and oxygen atoms in total. The van der Waals surface area contributed by atoms with Gasteiger partial charge in [-0.3, -0.25) is 34.3 Å². The number of nitrogens with zero attached hydrogens (tertiary/aromatic N) is 5. The molecule has 1 atom stereocenters. The normalized spacial score (nSPS) is 17.5. The molecule has 246 valence electrons. The topological polar surface area (TPSA) is 126 Å². The van der Waals surface area contributed by atoms with Gasteiger partial charge in [0.2, 0.25) is 11.8 Å². The zero-order valence-corrected chi connectivity index (χ0v) is 27.5. The average molecular weight is 649 g/mol. The Labute approximate surface area is 277 Å². The van der Waals surface area contributed by atoms with E-state index in [9.17, 15) is 19.2 Å². The first-order chi connectivity index (χ1) is 23.0. The smallest absolute Gasteiger partial charge is 0.259 e. The Bertz CT molecular complexity index is 2070. The predicted molar refractivity (Wildman–Crippen MR) is 181 cm³/mol. The van der Waals surface area contributed by atoms with E-state index in [4.69, 9.17) is 9.47 Å². The lowest BCUT2D eigenvalue weighted by Crippen LogP contribution is -2.52. The summed E-state index contributed by atoms with van der Waals surface area (Å²) in [6, 6.07) is 9.00. The monoisotopic (exact) mass is 648 g/mol. The van der Waals surface area contributed by atoms with Crippen LogP contribution in [0.4, 0.5) is 5.82 Å². The maximum absolute atomic E-state index is 13.5. The summed E-state index contributed by atoms with van der Waals surface area (Å²) >= 11 is 0. The standard InChI is InChI=1S/C36H36N6O6/c1-19-23-9-21-15-41(16-22(21)10-25(23)36(46)42(19)29-7-8-33(43)38-34(29)44)18-28-30(47-5)11-20(12-31(28)48-6)27-17-40(4)35(45)26-14-37-32(39(2)3)13-24(26)27/h9-14,17,29H,1,7-8,15-16,18H2,2-6H3,(H,38,43,44). The van der Waals surface area contributed by atoms with Crippen LogP contribution in [0.15, 0.2) is 54.1 Å². The molecule has 1 saturated heterocycles. The highest BCUT2D eigenvalue weighted by atomic mass is 16.5. The molecule has 0 bridgehead atoms. The highest BCUT2D eigenvalue weighted by Gasteiger charge is 2.42. The number of carbonyl (C=O) groups is 3. The quantitative estimate of drug-likeness (QED) is 0.300. The molecular weight excluding hydrogens is 612 g/mol. The van der Waals surface area contributed by atoms with Crippen LogP contribution in [-0.4, -0.2) is 71.4 Å². The van der Waals surface area contributed by atoms with Crippen molar-refractivity contribution < 1.29 is 23.9 Å². The summed E-state index contributed by atoms with van der Waals surface area (Å²) < 4.78 is 13.4. The molecule has 0 aliphatic carbocycles. The van der Waals surface area contributed by atoms with Crippen molar-refractivity contribution in [3.05, 3.63) is 87.5 Å². The fourth-order valence-corrected chi connectivity index (χ4v) is 7.03. The molecule has 2 aromatic carbocycles. The molecule has 1 N–H and O–H groups in total. The average Bonchev–Trinajstić information content (AvgIpc) is 3.57. The third-order valence-electron chi connectivity index (χ3n) is 9.51. The minimum Gasteiger partial charge on any atom is -0.496 e. The van der Waals surface area contributed by atoms with Crippen LogP contribution < -0.4 is 25.2 Å². The third kappa shape index (κ3) is 5.00. The number of piperidine rings is 1. The second-order valence-corrected chi connectivity index (χ2v) is 12.7. The number of aromatic nitrogens is 2. The predicted octanol–water partition coefficient (Wildman–Crippen LogP) is 3.43. The second kappa shape index (κ2) is 11.6. The number of benzene rings is 2. The van der Waals surface area contributed by atoms with Gasteiger partial charge in [0.1, 0.15) is 23.4 Å². The summed E-state index contributed by atoms with van der Waals surface area (Å²) in [5.41, 5.74) is 6.23. The van der Waals surface area contributed by atoms with E-state index in [0.717, 1.165) is 39.0 Å². The number of anilines is 1. The van der Waals surface area contributed by atoms with Crippen molar-refractivity contribution in [3.63, 3.8) is 0 Å². The van der Waals surface area contributed by atoms with Gasteiger partial charge in [0.25, 0.3) is 11.5 Å². The highest BCUT2D eigenvalue weighted by Crippen LogP contribution is 2.42. The Hall–Kier alpha value is -5.49. The van der Waals surface area contributed by atoms with Crippen LogP contribution in [0.1, 0.15) is 45.5 Å². The molecule has 3 aliphatic rings.